The SMILES string of the molecule is O=C1OC(Br)c2cc(Br)c(Br)cc21. The highest BCUT2D eigenvalue weighted by Crippen LogP contribution is 2.39. The van der Waals surface area contributed by atoms with Crippen LogP contribution >= 0.6 is 47.8 Å². The van der Waals surface area contributed by atoms with Gasteiger partial charge in [-0.3, -0.25) is 0 Å². The Balaban J connectivity index is 2.65. The number of rotatable bonds is 0. The van der Waals surface area contributed by atoms with Gasteiger partial charge in [-0.1, -0.05) is 0 Å². The molecule has 13 heavy (non-hydrogen) atoms. The molecule has 0 amide bonds. The fourth-order valence-electron chi connectivity index (χ4n) is 1.15. The molecule has 1 unspecified atom stereocenters. The molecule has 1 aromatic carbocycles. The molecule has 5 heteroatoms. The lowest BCUT2D eigenvalue weighted by Crippen LogP contribution is -1.93. The molecule has 0 saturated heterocycles. The summed E-state index contributed by atoms with van der Waals surface area (Å²) in [5.74, 6) is -0.287. The second kappa shape index (κ2) is 3.37. The summed E-state index contributed by atoms with van der Waals surface area (Å²) in [7, 11) is 0. The molecule has 0 aliphatic carbocycles. The van der Waals surface area contributed by atoms with Crippen molar-refractivity contribution in [3.05, 3.63) is 32.2 Å². The van der Waals surface area contributed by atoms with Gasteiger partial charge < -0.3 is 4.74 Å². The molecule has 1 atom stereocenters. The number of fused-ring (bicyclic) bond motifs is 1. The monoisotopic (exact) mass is 368 g/mol. The molecule has 1 aromatic rings. The molecular weight excluding hydrogens is 368 g/mol. The molecule has 0 spiro atoms. The van der Waals surface area contributed by atoms with Crippen molar-refractivity contribution in [1.29, 1.82) is 0 Å². The van der Waals surface area contributed by atoms with Crippen LogP contribution in [-0.2, 0) is 4.74 Å². The third-order valence-electron chi connectivity index (χ3n) is 1.77. The van der Waals surface area contributed by atoms with Crippen LogP contribution in [0.3, 0.4) is 0 Å². The van der Waals surface area contributed by atoms with Crippen molar-refractivity contribution in [2.24, 2.45) is 0 Å². The van der Waals surface area contributed by atoms with E-state index in [0.29, 0.717) is 5.56 Å². The van der Waals surface area contributed by atoms with Crippen LogP contribution < -0.4 is 0 Å². The summed E-state index contributed by atoms with van der Waals surface area (Å²) in [5.41, 5.74) is 1.47. The summed E-state index contributed by atoms with van der Waals surface area (Å²) in [6, 6.07) is 3.62. The number of cyclic esters (lactones) is 1. The number of halogens is 3. The minimum absolute atomic E-state index is 0.287. The van der Waals surface area contributed by atoms with Crippen molar-refractivity contribution >= 4 is 53.8 Å². The molecule has 0 N–H and O–H groups in total. The Kier molecular flexibility index (Phi) is 2.51. The summed E-state index contributed by atoms with van der Waals surface area (Å²) in [6.07, 6.45) is 0. The van der Waals surface area contributed by atoms with E-state index in [0.717, 1.165) is 14.5 Å². The van der Waals surface area contributed by atoms with Crippen LogP contribution in [0.25, 0.3) is 0 Å². The molecule has 0 aromatic heterocycles. The Morgan fingerprint density at radius 2 is 1.85 bits per heavy atom. The average Bonchev–Trinajstić information content (AvgIpc) is 2.31. The van der Waals surface area contributed by atoms with E-state index in [1.165, 1.54) is 0 Å². The third-order valence-corrected chi connectivity index (χ3v) is 4.29. The lowest BCUT2D eigenvalue weighted by atomic mass is 10.1. The van der Waals surface area contributed by atoms with E-state index in [9.17, 15) is 4.79 Å². The molecular formula is C8H3Br3O2. The quantitative estimate of drug-likeness (QED) is 0.513. The van der Waals surface area contributed by atoms with E-state index in [1.54, 1.807) is 6.07 Å². The van der Waals surface area contributed by atoms with Gasteiger partial charge >= 0.3 is 5.97 Å². The van der Waals surface area contributed by atoms with Gasteiger partial charge in [0.1, 0.15) is 0 Å². The first-order chi connectivity index (χ1) is 6.09. The van der Waals surface area contributed by atoms with Gasteiger partial charge in [-0.2, -0.15) is 0 Å². The molecule has 1 heterocycles. The molecule has 0 saturated carbocycles. The van der Waals surface area contributed by atoms with E-state index >= 15 is 0 Å². The first kappa shape index (κ1) is 9.68. The summed E-state index contributed by atoms with van der Waals surface area (Å²) in [6.45, 7) is 0. The van der Waals surface area contributed by atoms with Crippen LogP contribution in [0, 0.1) is 0 Å². The minimum Gasteiger partial charge on any atom is -0.442 e. The number of esters is 1. The number of carbonyl (C=O) groups excluding carboxylic acids is 1. The zero-order valence-electron chi connectivity index (χ0n) is 6.18. The second-order valence-corrected chi connectivity index (χ2v) is 5.12. The molecule has 68 valence electrons. The predicted molar refractivity (Wildman–Crippen MR) is 58.9 cm³/mol. The third kappa shape index (κ3) is 1.57. The normalized spacial score (nSPS) is 19.9. The first-order valence-electron chi connectivity index (χ1n) is 3.43. The molecule has 2 nitrogen and oxygen atoms in total. The van der Waals surface area contributed by atoms with E-state index in [-0.39, 0.29) is 11.0 Å². The molecule has 0 radical (unpaired) electrons. The number of ether oxygens (including phenoxy) is 1. The van der Waals surface area contributed by atoms with Gasteiger partial charge in [-0.05, 0) is 59.9 Å². The van der Waals surface area contributed by atoms with Gasteiger partial charge in [0.05, 0.1) is 5.56 Å². The van der Waals surface area contributed by atoms with Gasteiger partial charge in [0.15, 0.2) is 5.01 Å². The fourth-order valence-corrected chi connectivity index (χ4v) is 2.40. The number of alkyl halides is 1. The minimum atomic E-state index is -0.320. The fraction of sp³-hybridized carbons (Fsp3) is 0.125. The van der Waals surface area contributed by atoms with Crippen molar-refractivity contribution in [1.82, 2.24) is 0 Å². The van der Waals surface area contributed by atoms with Crippen LogP contribution in [-0.4, -0.2) is 5.97 Å². The summed E-state index contributed by atoms with van der Waals surface area (Å²) >= 11 is 9.94. The molecule has 1 aliphatic heterocycles. The largest absolute Gasteiger partial charge is 0.442 e. The Morgan fingerprint density at radius 1 is 1.23 bits per heavy atom. The Labute approximate surface area is 100 Å². The molecule has 0 fully saturated rings. The maximum absolute atomic E-state index is 11.3. The maximum atomic E-state index is 11.3. The Morgan fingerprint density at radius 3 is 2.54 bits per heavy atom. The van der Waals surface area contributed by atoms with Gasteiger partial charge in [-0.25, -0.2) is 4.79 Å². The van der Waals surface area contributed by atoms with Crippen molar-refractivity contribution in [3.8, 4) is 0 Å². The zero-order chi connectivity index (χ0) is 9.59. The van der Waals surface area contributed by atoms with Gasteiger partial charge in [0.25, 0.3) is 0 Å². The molecule has 1 aliphatic rings. The van der Waals surface area contributed by atoms with Crippen molar-refractivity contribution < 1.29 is 9.53 Å². The van der Waals surface area contributed by atoms with Crippen molar-refractivity contribution in [2.45, 2.75) is 5.01 Å². The van der Waals surface area contributed by atoms with E-state index in [2.05, 4.69) is 47.8 Å². The predicted octanol–water partition coefficient (Wildman–Crippen LogP) is 3.78. The second-order valence-electron chi connectivity index (χ2n) is 2.57. The Hall–Kier alpha value is 0.130. The number of benzene rings is 1. The lowest BCUT2D eigenvalue weighted by molar-refractivity contribution is 0.0530. The van der Waals surface area contributed by atoms with E-state index in [1.807, 2.05) is 6.07 Å². The van der Waals surface area contributed by atoms with Crippen LogP contribution in [0.1, 0.15) is 20.9 Å². The van der Waals surface area contributed by atoms with E-state index < -0.39 is 0 Å². The average molecular weight is 371 g/mol. The van der Waals surface area contributed by atoms with Gasteiger partial charge in [0.2, 0.25) is 0 Å². The highest BCUT2D eigenvalue weighted by Gasteiger charge is 2.29. The highest BCUT2D eigenvalue weighted by atomic mass is 79.9. The van der Waals surface area contributed by atoms with Gasteiger partial charge in [0, 0.05) is 14.5 Å². The highest BCUT2D eigenvalue weighted by molar-refractivity contribution is 9.13. The van der Waals surface area contributed by atoms with Crippen LogP contribution in [0.4, 0.5) is 0 Å². The first-order valence-corrected chi connectivity index (χ1v) is 5.94. The summed E-state index contributed by atoms with van der Waals surface area (Å²) < 4.78 is 6.74. The summed E-state index contributed by atoms with van der Waals surface area (Å²) in [4.78, 5) is 11.3. The van der Waals surface area contributed by atoms with Crippen molar-refractivity contribution in [2.75, 3.05) is 0 Å². The number of carbonyl (C=O) groups is 1. The number of hydrogen-bond acceptors (Lipinski definition) is 2. The van der Waals surface area contributed by atoms with Crippen LogP contribution in [0.15, 0.2) is 21.1 Å². The van der Waals surface area contributed by atoms with E-state index in [4.69, 9.17) is 4.74 Å². The number of hydrogen-bond donors (Lipinski definition) is 0. The van der Waals surface area contributed by atoms with Crippen molar-refractivity contribution in [3.63, 3.8) is 0 Å². The Bertz CT molecular complexity index is 389. The van der Waals surface area contributed by atoms with Crippen LogP contribution in [0.5, 0.6) is 0 Å². The van der Waals surface area contributed by atoms with Gasteiger partial charge in [-0.15, -0.1) is 0 Å². The zero-order valence-corrected chi connectivity index (χ0v) is 10.9. The smallest absolute Gasteiger partial charge is 0.340 e. The molecule has 2 rings (SSSR count). The standard InChI is InChI=1S/C8H3Br3O2/c9-5-1-3-4(2-6(5)10)8(12)13-7(3)11/h1-2,7H. The molecule has 0 bridgehead atoms. The topological polar surface area (TPSA) is 26.3 Å². The maximum Gasteiger partial charge on any atom is 0.340 e. The van der Waals surface area contributed by atoms with Crippen LogP contribution in [0.2, 0.25) is 0 Å². The lowest BCUT2D eigenvalue weighted by Gasteiger charge is -2.01. The summed E-state index contributed by atoms with van der Waals surface area (Å²) in [5, 5.41) is -0.320.